The van der Waals surface area contributed by atoms with Crippen LogP contribution in [-0.2, 0) is 4.74 Å². The maximum absolute atomic E-state index is 6.69. The Labute approximate surface area is 226 Å². The van der Waals surface area contributed by atoms with E-state index in [2.05, 4.69) is 76.2 Å². The van der Waals surface area contributed by atoms with Crippen molar-refractivity contribution in [1.82, 2.24) is 0 Å². The van der Waals surface area contributed by atoms with Gasteiger partial charge in [-0.15, -0.1) is 0 Å². The van der Waals surface area contributed by atoms with Gasteiger partial charge >= 0.3 is 0 Å². The van der Waals surface area contributed by atoms with Crippen LogP contribution >= 0.6 is 0 Å². The Morgan fingerprint density at radius 2 is 1.42 bits per heavy atom. The molecule has 9 atom stereocenters. The minimum Gasteiger partial charge on any atom is -0.377 e. The molecule has 0 N–H and O–H groups in total. The third-order valence-electron chi connectivity index (χ3n) is 13.3. The van der Waals surface area contributed by atoms with Gasteiger partial charge in [-0.25, -0.2) is 0 Å². The van der Waals surface area contributed by atoms with Gasteiger partial charge in [0.05, 0.1) is 12.7 Å². The van der Waals surface area contributed by atoms with E-state index in [1.54, 1.807) is 0 Å². The van der Waals surface area contributed by atoms with E-state index in [1.807, 2.05) is 0 Å². The first-order chi connectivity index (χ1) is 16.6. The summed E-state index contributed by atoms with van der Waals surface area (Å²) in [6.45, 7) is 28.7. The molecular weight excluding hydrogens is 436 g/mol. The van der Waals surface area contributed by atoms with Crippen molar-refractivity contribution in [2.75, 3.05) is 6.61 Å². The van der Waals surface area contributed by atoms with E-state index in [4.69, 9.17) is 4.74 Å². The predicted molar refractivity (Wildman–Crippen MR) is 156 cm³/mol. The third-order valence-corrected chi connectivity index (χ3v) is 13.3. The highest BCUT2D eigenvalue weighted by molar-refractivity contribution is 5.16. The lowest BCUT2D eigenvalue weighted by molar-refractivity contribution is -0.211. The summed E-state index contributed by atoms with van der Waals surface area (Å²) in [6.07, 6.45) is 16.2. The van der Waals surface area contributed by atoms with Crippen molar-refractivity contribution in [1.29, 1.82) is 0 Å². The fourth-order valence-electron chi connectivity index (χ4n) is 11.1. The van der Waals surface area contributed by atoms with E-state index in [0.717, 1.165) is 42.1 Å². The zero-order valence-corrected chi connectivity index (χ0v) is 26.4. The van der Waals surface area contributed by atoms with Gasteiger partial charge in [0.2, 0.25) is 0 Å². The first kappa shape index (κ1) is 29.0. The molecule has 0 heterocycles. The summed E-state index contributed by atoms with van der Waals surface area (Å²) in [7, 11) is 0. The minimum atomic E-state index is 0.252. The molecule has 0 aromatic rings. The van der Waals surface area contributed by atoms with Crippen LogP contribution in [0.1, 0.15) is 147 Å². The van der Waals surface area contributed by atoms with Crippen molar-refractivity contribution in [2.45, 2.75) is 153 Å². The van der Waals surface area contributed by atoms with Crippen LogP contribution in [0.25, 0.3) is 0 Å². The summed E-state index contributed by atoms with van der Waals surface area (Å²) in [4.78, 5) is 0. The van der Waals surface area contributed by atoms with Crippen molar-refractivity contribution in [2.24, 2.45) is 62.6 Å². The molecule has 4 saturated carbocycles. The lowest BCUT2D eigenvalue weighted by Gasteiger charge is -2.67. The highest BCUT2D eigenvalue weighted by atomic mass is 16.5. The quantitative estimate of drug-likeness (QED) is 0.338. The molecule has 1 heteroatoms. The van der Waals surface area contributed by atoms with E-state index in [9.17, 15) is 0 Å². The molecule has 0 aromatic carbocycles. The summed E-state index contributed by atoms with van der Waals surface area (Å²) in [5.74, 6) is 5.36. The predicted octanol–water partition coefficient (Wildman–Crippen LogP) is 10.6. The van der Waals surface area contributed by atoms with Crippen LogP contribution in [0.5, 0.6) is 0 Å². The van der Waals surface area contributed by atoms with Crippen LogP contribution < -0.4 is 0 Å². The summed E-state index contributed by atoms with van der Waals surface area (Å²) >= 11 is 0. The molecule has 4 fully saturated rings. The number of fused-ring (bicyclic) bond motifs is 5. The van der Waals surface area contributed by atoms with Crippen molar-refractivity contribution in [3.05, 3.63) is 0 Å². The second-order valence-corrected chi connectivity index (χ2v) is 17.4. The smallest absolute Gasteiger partial charge is 0.0629 e. The van der Waals surface area contributed by atoms with Gasteiger partial charge in [0.1, 0.15) is 0 Å². The van der Waals surface area contributed by atoms with Gasteiger partial charge in [-0.3, -0.25) is 0 Å². The average molecular weight is 501 g/mol. The van der Waals surface area contributed by atoms with Gasteiger partial charge in [0, 0.05) is 0 Å². The Hall–Kier alpha value is -0.0400. The third kappa shape index (κ3) is 4.77. The largest absolute Gasteiger partial charge is 0.377 e. The van der Waals surface area contributed by atoms with Crippen LogP contribution in [0.3, 0.4) is 0 Å². The molecule has 0 aliphatic heterocycles. The lowest BCUT2D eigenvalue weighted by atomic mass is 9.38. The van der Waals surface area contributed by atoms with Crippen LogP contribution in [0.15, 0.2) is 0 Å². The maximum Gasteiger partial charge on any atom is 0.0629 e. The highest BCUT2D eigenvalue weighted by Gasteiger charge is 2.67. The molecule has 4 rings (SSSR count). The van der Waals surface area contributed by atoms with Crippen molar-refractivity contribution < 1.29 is 4.74 Å². The minimum absolute atomic E-state index is 0.252. The molecule has 4 aliphatic carbocycles. The normalized spacial score (nSPS) is 45.2. The molecule has 0 saturated heterocycles. The maximum atomic E-state index is 6.69. The van der Waals surface area contributed by atoms with E-state index < -0.39 is 0 Å². The number of hydrogen-bond donors (Lipinski definition) is 0. The molecule has 0 bridgehead atoms. The molecule has 210 valence electrons. The topological polar surface area (TPSA) is 9.23 Å². The van der Waals surface area contributed by atoms with Gasteiger partial charge in [0.15, 0.2) is 0 Å². The Kier molecular flexibility index (Phi) is 7.93. The van der Waals surface area contributed by atoms with Gasteiger partial charge < -0.3 is 4.74 Å². The van der Waals surface area contributed by atoms with E-state index >= 15 is 0 Å². The van der Waals surface area contributed by atoms with E-state index in [-0.39, 0.29) is 10.8 Å². The Balaban J connectivity index is 1.51. The summed E-state index contributed by atoms with van der Waals surface area (Å²) in [6, 6.07) is 0. The van der Waals surface area contributed by atoms with Crippen LogP contribution in [0, 0.1) is 62.6 Å². The standard InChI is InChI=1S/C35H64O/c1-24(2)13-12-14-25(3)26-17-21-35(11)28-15-16-29-32(7,8)30(36-23-31(4,5)6)19-20-33(29,9)27(28)18-22-34(26,35)10/h24-30H,12-23H2,1-11H3/t25-,26-,27+,28-,29+,30+,33-,34-,35+/m1/s1. The molecule has 1 nitrogen and oxygen atoms in total. The second-order valence-electron chi connectivity index (χ2n) is 17.4. The van der Waals surface area contributed by atoms with Crippen molar-refractivity contribution >= 4 is 0 Å². The number of hydrogen-bond acceptors (Lipinski definition) is 1. The first-order valence-electron chi connectivity index (χ1n) is 16.2. The molecule has 4 aliphatic rings. The Bertz CT molecular complexity index is 759. The zero-order chi connectivity index (χ0) is 26.7. The zero-order valence-electron chi connectivity index (χ0n) is 26.4. The fraction of sp³-hybridized carbons (Fsp3) is 1.00. The monoisotopic (exact) mass is 500 g/mol. The number of ether oxygens (including phenoxy) is 1. The van der Waals surface area contributed by atoms with Gasteiger partial charge in [-0.2, -0.15) is 0 Å². The van der Waals surface area contributed by atoms with Crippen molar-refractivity contribution in [3.63, 3.8) is 0 Å². The molecule has 0 unspecified atom stereocenters. The Morgan fingerprint density at radius 1 is 0.750 bits per heavy atom. The summed E-state index contributed by atoms with van der Waals surface area (Å²) in [5.41, 5.74) is 2.14. The van der Waals surface area contributed by atoms with Gasteiger partial charge in [-0.05, 0) is 114 Å². The Morgan fingerprint density at radius 3 is 2.06 bits per heavy atom. The molecule has 36 heavy (non-hydrogen) atoms. The lowest BCUT2D eigenvalue weighted by Crippen LogP contribution is -2.62. The van der Waals surface area contributed by atoms with Crippen molar-refractivity contribution in [3.8, 4) is 0 Å². The fourth-order valence-corrected chi connectivity index (χ4v) is 11.1. The van der Waals surface area contributed by atoms with E-state index in [1.165, 1.54) is 70.6 Å². The number of rotatable bonds is 7. The van der Waals surface area contributed by atoms with Crippen LogP contribution in [-0.4, -0.2) is 12.7 Å². The summed E-state index contributed by atoms with van der Waals surface area (Å²) in [5, 5.41) is 0. The molecule has 0 aromatic heterocycles. The second kappa shape index (κ2) is 9.86. The van der Waals surface area contributed by atoms with Crippen LogP contribution in [0.2, 0.25) is 0 Å². The molecule has 0 amide bonds. The molecular formula is C35H64O. The first-order valence-corrected chi connectivity index (χ1v) is 16.2. The summed E-state index contributed by atoms with van der Waals surface area (Å²) < 4.78 is 6.69. The van der Waals surface area contributed by atoms with Crippen LogP contribution in [0.4, 0.5) is 0 Å². The van der Waals surface area contributed by atoms with E-state index in [0.29, 0.717) is 22.3 Å². The molecule has 0 radical (unpaired) electrons. The van der Waals surface area contributed by atoms with Gasteiger partial charge in [0.25, 0.3) is 0 Å². The van der Waals surface area contributed by atoms with Gasteiger partial charge in [-0.1, -0.05) is 95.4 Å². The highest BCUT2D eigenvalue weighted by Crippen LogP contribution is 2.74. The molecule has 0 spiro atoms. The average Bonchev–Trinajstić information content (AvgIpc) is 3.03. The SMILES string of the molecule is CC(C)CCC[C@@H](C)[C@H]1CC[C@@]2(C)[C@@H]3CC[C@H]4C(C)(C)[C@@H](OCC(C)(C)C)CC[C@]4(C)[C@H]3CC[C@]12C.